The summed E-state index contributed by atoms with van der Waals surface area (Å²) in [6.07, 6.45) is 0. The van der Waals surface area contributed by atoms with E-state index in [4.69, 9.17) is 15.0 Å². The van der Waals surface area contributed by atoms with Gasteiger partial charge in [0.05, 0.1) is 16.7 Å². The number of para-hydroxylation sites is 3. The molecule has 0 atom stereocenters. The highest BCUT2D eigenvalue weighted by molar-refractivity contribution is 6.21. The summed E-state index contributed by atoms with van der Waals surface area (Å²) in [6, 6.07) is 77.4. The summed E-state index contributed by atoms with van der Waals surface area (Å²) in [4.78, 5) is 16.4. The fraction of sp³-hybridized carbons (Fsp3) is 0. The van der Waals surface area contributed by atoms with Crippen molar-refractivity contribution < 1.29 is 0 Å². The molecule has 2 heterocycles. The van der Waals surface area contributed by atoms with Gasteiger partial charge in [-0.15, -0.1) is 0 Å². The molecule has 0 aliphatic carbocycles. The maximum Gasteiger partial charge on any atom is 0.166 e. The van der Waals surface area contributed by atoms with Gasteiger partial charge in [0.1, 0.15) is 0 Å². The van der Waals surface area contributed by atoms with Crippen molar-refractivity contribution in [3.8, 4) is 62.1 Å². The van der Waals surface area contributed by atoms with Gasteiger partial charge in [-0.05, 0) is 84.9 Å². The van der Waals surface area contributed by atoms with Crippen LogP contribution in [0.4, 0.5) is 0 Å². The Morgan fingerprint density at radius 3 is 1.44 bits per heavy atom. The van der Waals surface area contributed by atoms with Crippen LogP contribution in [-0.4, -0.2) is 19.5 Å². The van der Waals surface area contributed by atoms with E-state index in [1.807, 2.05) is 6.07 Å². The van der Waals surface area contributed by atoms with Crippen LogP contribution in [0.5, 0.6) is 0 Å². The van der Waals surface area contributed by atoms with Crippen molar-refractivity contribution in [3.63, 3.8) is 0 Å². The number of fused-ring (bicyclic) bond motifs is 7. The van der Waals surface area contributed by atoms with Crippen LogP contribution in [0.2, 0.25) is 0 Å². The van der Waals surface area contributed by atoms with E-state index < -0.39 is 0 Å². The topological polar surface area (TPSA) is 43.6 Å². The summed E-state index contributed by atoms with van der Waals surface area (Å²) in [5.74, 6) is 1.82. The lowest BCUT2D eigenvalue weighted by Crippen LogP contribution is -2.04. The summed E-state index contributed by atoms with van der Waals surface area (Å²) in [5.41, 5.74) is 10.4. The second-order valence-corrected chi connectivity index (χ2v) is 15.5. The van der Waals surface area contributed by atoms with Crippen LogP contribution in [0.25, 0.3) is 116 Å². The predicted molar refractivity (Wildman–Crippen MR) is 254 cm³/mol. The lowest BCUT2D eigenvalue weighted by molar-refractivity contribution is 1.07. The molecule has 284 valence electrons. The molecular weight excluding hydrogens is 741 g/mol. The molecular formula is C57H36N4. The van der Waals surface area contributed by atoms with Crippen molar-refractivity contribution >= 4 is 54.1 Å². The number of nitrogens with zero attached hydrogens (tertiary/aromatic N) is 4. The van der Waals surface area contributed by atoms with Crippen LogP contribution < -0.4 is 0 Å². The summed E-state index contributed by atoms with van der Waals surface area (Å²) >= 11 is 0. The Balaban J connectivity index is 1.16. The van der Waals surface area contributed by atoms with Gasteiger partial charge >= 0.3 is 0 Å². The van der Waals surface area contributed by atoms with Crippen LogP contribution >= 0.6 is 0 Å². The maximum absolute atomic E-state index is 5.49. The number of rotatable bonds is 6. The van der Waals surface area contributed by atoms with Gasteiger partial charge in [-0.1, -0.05) is 188 Å². The van der Waals surface area contributed by atoms with Gasteiger partial charge < -0.3 is 4.57 Å². The highest BCUT2D eigenvalue weighted by Crippen LogP contribution is 2.44. The molecule has 2 aromatic heterocycles. The average Bonchev–Trinajstić information content (AvgIpc) is 3.67. The number of hydrogen-bond donors (Lipinski definition) is 0. The molecule has 10 aromatic carbocycles. The molecule has 4 nitrogen and oxygen atoms in total. The Morgan fingerprint density at radius 2 is 0.754 bits per heavy atom. The lowest BCUT2D eigenvalue weighted by atomic mass is 9.88. The van der Waals surface area contributed by atoms with Gasteiger partial charge in [0.2, 0.25) is 0 Å². The van der Waals surface area contributed by atoms with Crippen molar-refractivity contribution in [3.05, 3.63) is 218 Å². The molecule has 0 aliphatic heterocycles. The predicted octanol–water partition coefficient (Wildman–Crippen LogP) is 14.8. The fourth-order valence-corrected chi connectivity index (χ4v) is 9.33. The first kappa shape index (κ1) is 34.8. The zero-order valence-electron chi connectivity index (χ0n) is 33.1. The Labute approximate surface area is 352 Å². The standard InChI is InChI=1S/C57H36N4/c1-2-18-37(19-3-1)40-22-8-10-28-47(40)55-58-56(60-57(59-55)49-30-14-17-33-53(49)61-51-31-15-12-25-43(51)44-26-13-16-32-52(44)61)48-29-11-9-27-45(48)54-42-24-7-5-21-39(42)36-50-41-23-6-4-20-38(41)34-35-46(50)54/h1-36H. The molecule has 0 spiro atoms. The van der Waals surface area contributed by atoms with Crippen molar-refractivity contribution in [1.29, 1.82) is 0 Å². The molecule has 0 N–H and O–H groups in total. The monoisotopic (exact) mass is 776 g/mol. The molecule has 0 radical (unpaired) electrons. The highest BCUT2D eigenvalue weighted by Gasteiger charge is 2.22. The zero-order valence-corrected chi connectivity index (χ0v) is 33.1. The summed E-state index contributed by atoms with van der Waals surface area (Å²) in [7, 11) is 0. The third-order valence-corrected chi connectivity index (χ3v) is 12.1. The minimum absolute atomic E-state index is 0.601. The van der Waals surface area contributed by atoms with E-state index in [1.54, 1.807) is 0 Å². The quantitative estimate of drug-likeness (QED) is 0.125. The largest absolute Gasteiger partial charge is 0.309 e. The zero-order chi connectivity index (χ0) is 40.3. The first-order chi connectivity index (χ1) is 30.3. The third kappa shape index (κ3) is 5.72. The van der Waals surface area contributed by atoms with Crippen LogP contribution in [0.1, 0.15) is 0 Å². The normalized spacial score (nSPS) is 11.6. The SMILES string of the molecule is c1ccc(-c2ccccc2-c2nc(-c3ccccc3-c3c4ccccc4cc4c3ccc3ccccc34)nc(-c3ccccc3-n3c4ccccc4c4ccccc43)n2)cc1. The van der Waals surface area contributed by atoms with E-state index in [9.17, 15) is 0 Å². The first-order valence-electron chi connectivity index (χ1n) is 20.7. The number of aromatic nitrogens is 4. The van der Waals surface area contributed by atoms with Crippen molar-refractivity contribution in [2.45, 2.75) is 0 Å². The molecule has 0 amide bonds. The van der Waals surface area contributed by atoms with Gasteiger partial charge in [-0.3, -0.25) is 0 Å². The smallest absolute Gasteiger partial charge is 0.166 e. The highest BCUT2D eigenvalue weighted by atomic mass is 15.1. The Hall–Kier alpha value is -8.21. The Bertz CT molecular complexity index is 3610. The minimum Gasteiger partial charge on any atom is -0.309 e. The Morgan fingerprint density at radius 1 is 0.279 bits per heavy atom. The van der Waals surface area contributed by atoms with Crippen molar-refractivity contribution in [2.24, 2.45) is 0 Å². The summed E-state index contributed by atoms with van der Waals surface area (Å²) in [5, 5.41) is 9.62. The third-order valence-electron chi connectivity index (χ3n) is 12.1. The summed E-state index contributed by atoms with van der Waals surface area (Å²) < 4.78 is 2.35. The molecule has 12 aromatic rings. The Kier molecular flexibility index (Phi) is 8.13. The number of hydrogen-bond acceptors (Lipinski definition) is 3. The molecule has 0 aliphatic rings. The molecule has 0 bridgehead atoms. The van der Waals surface area contributed by atoms with Gasteiger partial charge in [0, 0.05) is 27.5 Å². The van der Waals surface area contributed by atoms with E-state index in [0.29, 0.717) is 17.5 Å². The van der Waals surface area contributed by atoms with Gasteiger partial charge in [-0.2, -0.15) is 0 Å². The fourth-order valence-electron chi connectivity index (χ4n) is 9.33. The second-order valence-electron chi connectivity index (χ2n) is 15.5. The van der Waals surface area contributed by atoms with E-state index in [-0.39, 0.29) is 0 Å². The van der Waals surface area contributed by atoms with Crippen LogP contribution in [0.3, 0.4) is 0 Å². The lowest BCUT2D eigenvalue weighted by Gasteiger charge is -2.18. The molecule has 0 saturated heterocycles. The van der Waals surface area contributed by atoms with Crippen molar-refractivity contribution in [2.75, 3.05) is 0 Å². The van der Waals surface area contributed by atoms with E-state index in [1.165, 1.54) is 43.1 Å². The molecule has 0 saturated carbocycles. The average molecular weight is 777 g/mol. The van der Waals surface area contributed by atoms with Crippen molar-refractivity contribution in [1.82, 2.24) is 19.5 Å². The van der Waals surface area contributed by atoms with E-state index >= 15 is 0 Å². The van der Waals surface area contributed by atoms with E-state index in [0.717, 1.165) is 55.7 Å². The number of benzene rings is 10. The van der Waals surface area contributed by atoms with Gasteiger partial charge in [0.25, 0.3) is 0 Å². The first-order valence-corrected chi connectivity index (χ1v) is 20.7. The van der Waals surface area contributed by atoms with Crippen LogP contribution in [-0.2, 0) is 0 Å². The molecule has 4 heteroatoms. The van der Waals surface area contributed by atoms with Gasteiger partial charge in [0.15, 0.2) is 17.5 Å². The maximum atomic E-state index is 5.49. The molecule has 61 heavy (non-hydrogen) atoms. The van der Waals surface area contributed by atoms with E-state index in [2.05, 4.69) is 217 Å². The molecule has 12 rings (SSSR count). The minimum atomic E-state index is 0.601. The van der Waals surface area contributed by atoms with Crippen LogP contribution in [0.15, 0.2) is 218 Å². The van der Waals surface area contributed by atoms with Crippen LogP contribution in [0, 0.1) is 0 Å². The summed E-state index contributed by atoms with van der Waals surface area (Å²) in [6.45, 7) is 0. The molecule has 0 unspecified atom stereocenters. The second kappa shape index (κ2) is 14.3. The van der Waals surface area contributed by atoms with Gasteiger partial charge in [-0.25, -0.2) is 15.0 Å². The molecule has 0 fully saturated rings.